The summed E-state index contributed by atoms with van der Waals surface area (Å²) in [6, 6.07) is -0.00454. The zero-order chi connectivity index (χ0) is 12.6. The Labute approximate surface area is 101 Å². The van der Waals surface area contributed by atoms with E-state index in [1.54, 1.807) is 14.0 Å². The second-order valence-corrected chi connectivity index (χ2v) is 4.99. The van der Waals surface area contributed by atoms with Crippen LogP contribution in [-0.2, 0) is 19.1 Å². The summed E-state index contributed by atoms with van der Waals surface area (Å²) in [5.74, 6) is -0.373. The molecule has 2 saturated heterocycles. The summed E-state index contributed by atoms with van der Waals surface area (Å²) in [5, 5.41) is 0. The molecule has 2 aliphatic heterocycles. The molecule has 5 nitrogen and oxygen atoms in total. The number of rotatable bonds is 3. The van der Waals surface area contributed by atoms with Crippen molar-refractivity contribution < 1.29 is 19.1 Å². The van der Waals surface area contributed by atoms with E-state index in [4.69, 9.17) is 9.47 Å². The zero-order valence-corrected chi connectivity index (χ0v) is 10.6. The number of methoxy groups -OCH3 is 2. The Morgan fingerprint density at radius 1 is 1.41 bits per heavy atom. The van der Waals surface area contributed by atoms with Crippen molar-refractivity contribution in [3.05, 3.63) is 0 Å². The first kappa shape index (κ1) is 12.4. The highest BCUT2D eigenvalue weighted by Gasteiger charge is 2.59. The molecule has 5 heteroatoms. The second-order valence-electron chi connectivity index (χ2n) is 4.99. The Morgan fingerprint density at radius 3 is 2.65 bits per heavy atom. The third-order valence-electron chi connectivity index (χ3n) is 4.07. The van der Waals surface area contributed by atoms with Crippen LogP contribution in [0.1, 0.15) is 26.2 Å². The number of esters is 1. The molecule has 2 fully saturated rings. The molecule has 2 rings (SSSR count). The van der Waals surface area contributed by atoms with Gasteiger partial charge in [0, 0.05) is 20.1 Å². The van der Waals surface area contributed by atoms with Crippen LogP contribution in [0.25, 0.3) is 0 Å². The summed E-state index contributed by atoms with van der Waals surface area (Å²) < 4.78 is 10.1. The van der Waals surface area contributed by atoms with Gasteiger partial charge in [0.25, 0.3) is 0 Å². The molecule has 2 heterocycles. The lowest BCUT2D eigenvalue weighted by molar-refractivity contribution is -0.146. The Hall–Kier alpha value is -1.10. The Bertz CT molecular complexity index is 343. The van der Waals surface area contributed by atoms with Gasteiger partial charge in [0.05, 0.1) is 25.2 Å². The van der Waals surface area contributed by atoms with Gasteiger partial charge in [-0.2, -0.15) is 0 Å². The molecule has 0 aliphatic carbocycles. The minimum Gasteiger partial charge on any atom is -0.469 e. The predicted octanol–water partition coefficient (Wildman–Crippen LogP) is 0.575. The maximum Gasteiger partial charge on any atom is 0.310 e. The summed E-state index contributed by atoms with van der Waals surface area (Å²) in [7, 11) is 3.03. The van der Waals surface area contributed by atoms with E-state index in [2.05, 4.69) is 0 Å². The van der Waals surface area contributed by atoms with Crippen molar-refractivity contribution in [2.24, 2.45) is 5.92 Å². The van der Waals surface area contributed by atoms with E-state index >= 15 is 0 Å². The molecule has 96 valence electrons. The van der Waals surface area contributed by atoms with Crippen molar-refractivity contribution in [3.8, 4) is 0 Å². The zero-order valence-electron chi connectivity index (χ0n) is 10.6. The van der Waals surface area contributed by atoms with Crippen LogP contribution in [0.5, 0.6) is 0 Å². The molecule has 17 heavy (non-hydrogen) atoms. The highest BCUT2D eigenvalue weighted by atomic mass is 16.5. The largest absolute Gasteiger partial charge is 0.469 e. The smallest absolute Gasteiger partial charge is 0.310 e. The van der Waals surface area contributed by atoms with E-state index in [9.17, 15) is 9.59 Å². The topological polar surface area (TPSA) is 55.8 Å². The number of carbonyl (C=O) groups is 2. The molecule has 0 spiro atoms. The lowest BCUT2D eigenvalue weighted by Crippen LogP contribution is -2.47. The van der Waals surface area contributed by atoms with Crippen LogP contribution in [-0.4, -0.2) is 49.2 Å². The average Bonchev–Trinajstić information content (AvgIpc) is 2.80. The van der Waals surface area contributed by atoms with Crippen LogP contribution >= 0.6 is 0 Å². The summed E-state index contributed by atoms with van der Waals surface area (Å²) >= 11 is 0. The lowest BCUT2D eigenvalue weighted by Gasteiger charge is -2.33. The van der Waals surface area contributed by atoms with Crippen molar-refractivity contribution in [1.29, 1.82) is 0 Å². The van der Waals surface area contributed by atoms with Gasteiger partial charge >= 0.3 is 5.97 Å². The molecule has 0 aromatic rings. The van der Waals surface area contributed by atoms with Crippen LogP contribution in [0, 0.1) is 5.92 Å². The molecule has 2 bridgehead atoms. The number of ether oxygens (including phenoxy) is 2. The van der Waals surface area contributed by atoms with Gasteiger partial charge in [0.1, 0.15) is 0 Å². The molecule has 0 radical (unpaired) electrons. The number of hydrogen-bond donors (Lipinski definition) is 0. The molecule has 0 N–H and O–H groups in total. The monoisotopic (exact) mass is 241 g/mol. The number of nitrogens with zero attached hydrogens (tertiary/aromatic N) is 1. The lowest BCUT2D eigenvalue weighted by atomic mass is 9.81. The van der Waals surface area contributed by atoms with Crippen molar-refractivity contribution in [2.45, 2.75) is 37.8 Å². The average molecular weight is 241 g/mol. The van der Waals surface area contributed by atoms with Gasteiger partial charge < -0.3 is 14.4 Å². The molecule has 0 aromatic carbocycles. The highest BCUT2D eigenvalue weighted by molar-refractivity contribution is 5.80. The van der Waals surface area contributed by atoms with E-state index < -0.39 is 0 Å². The fourth-order valence-corrected chi connectivity index (χ4v) is 3.57. The minimum atomic E-state index is -0.288. The first-order valence-electron chi connectivity index (χ1n) is 5.92. The molecule has 1 amide bonds. The maximum atomic E-state index is 11.8. The van der Waals surface area contributed by atoms with Crippen molar-refractivity contribution in [1.82, 2.24) is 4.90 Å². The molecular formula is C12H19NO4. The molecule has 3 atom stereocenters. The van der Waals surface area contributed by atoms with E-state index in [1.165, 1.54) is 7.11 Å². The summed E-state index contributed by atoms with van der Waals surface area (Å²) in [6.07, 6.45) is 2.44. The van der Waals surface area contributed by atoms with E-state index in [0.717, 1.165) is 12.8 Å². The van der Waals surface area contributed by atoms with E-state index in [1.807, 2.05) is 4.90 Å². The van der Waals surface area contributed by atoms with Gasteiger partial charge in [-0.3, -0.25) is 9.59 Å². The molecule has 0 saturated carbocycles. The van der Waals surface area contributed by atoms with Crippen LogP contribution in [0.4, 0.5) is 0 Å². The summed E-state index contributed by atoms with van der Waals surface area (Å²) in [6.45, 7) is 2.05. The Balaban J connectivity index is 2.27. The highest BCUT2D eigenvalue weighted by Crippen LogP contribution is 2.50. The predicted molar refractivity (Wildman–Crippen MR) is 60.3 cm³/mol. The Kier molecular flexibility index (Phi) is 3.12. The van der Waals surface area contributed by atoms with Crippen molar-refractivity contribution in [2.75, 3.05) is 20.8 Å². The number of amides is 1. The van der Waals surface area contributed by atoms with Crippen molar-refractivity contribution >= 4 is 11.9 Å². The molecule has 0 aromatic heterocycles. The number of fused-ring (bicyclic) bond motifs is 2. The quantitative estimate of drug-likeness (QED) is 0.678. The van der Waals surface area contributed by atoms with E-state index in [0.29, 0.717) is 13.0 Å². The summed E-state index contributed by atoms with van der Waals surface area (Å²) in [5.41, 5.74) is -0.288. The van der Waals surface area contributed by atoms with Gasteiger partial charge in [0.2, 0.25) is 5.91 Å². The van der Waals surface area contributed by atoms with Crippen LogP contribution in [0.2, 0.25) is 0 Å². The van der Waals surface area contributed by atoms with Gasteiger partial charge in [-0.05, 0) is 19.3 Å². The summed E-state index contributed by atoms with van der Waals surface area (Å²) in [4.78, 5) is 25.3. The number of carbonyl (C=O) groups excluding carboxylic acids is 2. The molecule has 0 unspecified atom stereocenters. The first-order valence-corrected chi connectivity index (χ1v) is 5.92. The standard InChI is InChI=1S/C12H19NO4/c1-8(14)13-10-4-5-12(13,7-16-2)6-9(10)11(15)17-3/h9-10H,4-7H2,1-3H3/t9-,10-,12+/m0/s1. The van der Waals surface area contributed by atoms with Gasteiger partial charge in [0.15, 0.2) is 0 Å². The molecular weight excluding hydrogens is 222 g/mol. The van der Waals surface area contributed by atoms with Crippen LogP contribution < -0.4 is 0 Å². The van der Waals surface area contributed by atoms with Gasteiger partial charge in [-0.25, -0.2) is 0 Å². The fraction of sp³-hybridized carbons (Fsp3) is 0.833. The van der Waals surface area contributed by atoms with Crippen LogP contribution in [0.3, 0.4) is 0 Å². The normalized spacial score (nSPS) is 35.1. The van der Waals surface area contributed by atoms with Gasteiger partial charge in [-0.15, -0.1) is 0 Å². The van der Waals surface area contributed by atoms with Crippen molar-refractivity contribution in [3.63, 3.8) is 0 Å². The fourth-order valence-electron chi connectivity index (χ4n) is 3.57. The van der Waals surface area contributed by atoms with Crippen LogP contribution in [0.15, 0.2) is 0 Å². The minimum absolute atomic E-state index is 0.00454. The number of hydrogen-bond acceptors (Lipinski definition) is 4. The Morgan fingerprint density at radius 2 is 2.12 bits per heavy atom. The van der Waals surface area contributed by atoms with E-state index in [-0.39, 0.29) is 29.4 Å². The second kappa shape index (κ2) is 4.29. The third kappa shape index (κ3) is 1.73. The third-order valence-corrected chi connectivity index (χ3v) is 4.07. The van der Waals surface area contributed by atoms with Gasteiger partial charge in [-0.1, -0.05) is 0 Å². The molecule has 2 aliphatic rings. The maximum absolute atomic E-state index is 11.8. The SMILES string of the molecule is COC[C@@]12CC[C@@H]([C@@H](C(=O)OC)C1)N2C(C)=O. The first-order chi connectivity index (χ1) is 8.05.